The molecule has 0 spiro atoms. The zero-order valence-electron chi connectivity index (χ0n) is 15.4. The first kappa shape index (κ1) is 21.1. The summed E-state index contributed by atoms with van der Waals surface area (Å²) in [6, 6.07) is 5.44. The van der Waals surface area contributed by atoms with Gasteiger partial charge in [-0.1, -0.05) is 31.5 Å². The van der Waals surface area contributed by atoms with Crippen LogP contribution in [0.3, 0.4) is 0 Å². The third-order valence-electron chi connectivity index (χ3n) is 3.56. The number of hydrogen-bond donors (Lipinski definition) is 2. The van der Waals surface area contributed by atoms with Gasteiger partial charge in [0.2, 0.25) is 21.8 Å². The smallest absolute Gasteiger partial charge is 0.241 e. The molecule has 2 N–H and O–H groups in total. The maximum atomic E-state index is 12.5. The number of nitrogens with one attached hydrogen (secondary N) is 2. The van der Waals surface area contributed by atoms with Crippen LogP contribution in [0.1, 0.15) is 25.8 Å². The lowest BCUT2D eigenvalue weighted by Crippen LogP contribution is -2.49. The Labute approximate surface area is 149 Å². The summed E-state index contributed by atoms with van der Waals surface area (Å²) < 4.78 is 27.5. The summed E-state index contributed by atoms with van der Waals surface area (Å²) in [5, 5.41) is 2.50. The van der Waals surface area contributed by atoms with Gasteiger partial charge in [-0.2, -0.15) is 4.72 Å². The van der Waals surface area contributed by atoms with Crippen LogP contribution in [0.15, 0.2) is 29.2 Å². The second-order valence-electron chi connectivity index (χ2n) is 6.62. The van der Waals surface area contributed by atoms with E-state index in [1.54, 1.807) is 26.2 Å². The predicted octanol–water partition coefficient (Wildman–Crippen LogP) is 0.892. The van der Waals surface area contributed by atoms with E-state index in [1.165, 1.54) is 17.0 Å². The van der Waals surface area contributed by atoms with Crippen LogP contribution in [0.25, 0.3) is 0 Å². The normalized spacial score (nSPS) is 12.7. The second kappa shape index (κ2) is 8.96. The molecule has 2 amide bonds. The zero-order chi connectivity index (χ0) is 19.2. The molecule has 0 aromatic heterocycles. The van der Waals surface area contributed by atoms with Crippen LogP contribution < -0.4 is 10.0 Å². The van der Waals surface area contributed by atoms with Crippen molar-refractivity contribution in [1.29, 1.82) is 0 Å². The number of amides is 2. The van der Waals surface area contributed by atoms with Crippen molar-refractivity contribution < 1.29 is 18.0 Å². The molecule has 0 saturated carbocycles. The van der Waals surface area contributed by atoms with Crippen LogP contribution in [0, 0.1) is 12.8 Å². The van der Waals surface area contributed by atoms with Crippen LogP contribution >= 0.6 is 0 Å². The number of nitrogens with zero attached hydrogens (tertiary/aromatic N) is 1. The van der Waals surface area contributed by atoms with E-state index in [0.717, 1.165) is 5.56 Å². The van der Waals surface area contributed by atoms with Crippen LogP contribution in [-0.2, 0) is 19.6 Å². The Hall–Kier alpha value is -1.93. The molecule has 25 heavy (non-hydrogen) atoms. The molecular weight excluding hydrogens is 342 g/mol. The molecule has 140 valence electrons. The number of carbonyl (C=O) groups excluding carboxylic acids is 2. The number of rotatable bonds is 8. The molecule has 0 heterocycles. The summed E-state index contributed by atoms with van der Waals surface area (Å²) in [5.74, 6) is -0.682. The number of hydrogen-bond acceptors (Lipinski definition) is 4. The summed E-state index contributed by atoms with van der Waals surface area (Å²) in [7, 11) is -0.661. The van der Waals surface area contributed by atoms with E-state index in [2.05, 4.69) is 10.0 Å². The molecular formula is C17H27N3O4S. The third kappa shape index (κ3) is 6.83. The van der Waals surface area contributed by atoms with Gasteiger partial charge in [-0.3, -0.25) is 9.59 Å². The fraction of sp³-hybridized carbons (Fsp3) is 0.529. The van der Waals surface area contributed by atoms with Gasteiger partial charge in [0, 0.05) is 14.1 Å². The summed E-state index contributed by atoms with van der Waals surface area (Å²) in [4.78, 5) is 25.4. The lowest BCUT2D eigenvalue weighted by atomic mass is 10.0. The number of benzene rings is 1. The first-order valence-electron chi connectivity index (χ1n) is 8.09. The van der Waals surface area contributed by atoms with E-state index in [9.17, 15) is 18.0 Å². The van der Waals surface area contributed by atoms with Gasteiger partial charge in [-0.05, 0) is 31.4 Å². The fourth-order valence-corrected chi connectivity index (χ4v) is 3.31. The van der Waals surface area contributed by atoms with Gasteiger partial charge in [0.05, 0.1) is 11.4 Å². The highest BCUT2D eigenvalue weighted by atomic mass is 32.2. The molecule has 0 bridgehead atoms. The number of carbonyl (C=O) groups is 2. The molecule has 1 aromatic rings. The predicted molar refractivity (Wildman–Crippen MR) is 96.4 cm³/mol. The van der Waals surface area contributed by atoms with Gasteiger partial charge >= 0.3 is 0 Å². The monoisotopic (exact) mass is 369 g/mol. The van der Waals surface area contributed by atoms with E-state index in [1.807, 2.05) is 20.8 Å². The van der Waals surface area contributed by atoms with Crippen molar-refractivity contribution in [2.75, 3.05) is 20.6 Å². The highest BCUT2D eigenvalue weighted by Gasteiger charge is 2.26. The van der Waals surface area contributed by atoms with Gasteiger partial charge < -0.3 is 10.2 Å². The zero-order valence-corrected chi connectivity index (χ0v) is 16.2. The third-order valence-corrected chi connectivity index (χ3v) is 5.05. The van der Waals surface area contributed by atoms with Crippen LogP contribution in [0.2, 0.25) is 0 Å². The first-order valence-corrected chi connectivity index (χ1v) is 9.58. The maximum Gasteiger partial charge on any atom is 0.241 e. The van der Waals surface area contributed by atoms with Crippen LogP contribution in [0.5, 0.6) is 0 Å². The molecule has 8 heteroatoms. The largest absolute Gasteiger partial charge is 0.347 e. The van der Waals surface area contributed by atoms with Gasteiger partial charge in [0.1, 0.15) is 6.04 Å². The highest BCUT2D eigenvalue weighted by molar-refractivity contribution is 7.89. The average molecular weight is 369 g/mol. The number of likely N-dealkylation sites (N-methyl/N-ethyl adjacent to an activating group) is 1. The van der Waals surface area contributed by atoms with Crippen LogP contribution in [-0.4, -0.2) is 51.8 Å². The number of aryl methyl sites for hydroxylation is 1. The molecule has 1 aromatic carbocycles. The molecule has 7 nitrogen and oxygen atoms in total. The molecule has 1 atom stereocenters. The van der Waals surface area contributed by atoms with Gasteiger partial charge in [-0.25, -0.2) is 8.42 Å². The quantitative estimate of drug-likeness (QED) is 0.711. The molecule has 0 fully saturated rings. The molecule has 0 aliphatic heterocycles. The molecule has 1 rings (SSSR count). The second-order valence-corrected chi connectivity index (χ2v) is 8.34. The highest BCUT2D eigenvalue weighted by Crippen LogP contribution is 2.13. The summed E-state index contributed by atoms with van der Waals surface area (Å²) in [6.07, 6.45) is 0.326. The van der Waals surface area contributed by atoms with Crippen molar-refractivity contribution >= 4 is 21.8 Å². The Balaban J connectivity index is 2.89. The van der Waals surface area contributed by atoms with Crippen molar-refractivity contribution in [2.45, 2.75) is 38.1 Å². The summed E-state index contributed by atoms with van der Waals surface area (Å²) >= 11 is 0. The number of sulfonamides is 1. The minimum absolute atomic E-state index is 0.0982. The van der Waals surface area contributed by atoms with Crippen molar-refractivity contribution in [2.24, 2.45) is 5.92 Å². The van der Waals surface area contributed by atoms with Crippen molar-refractivity contribution in [1.82, 2.24) is 14.9 Å². The Morgan fingerprint density at radius 1 is 1.12 bits per heavy atom. The van der Waals surface area contributed by atoms with E-state index in [-0.39, 0.29) is 23.3 Å². The lowest BCUT2D eigenvalue weighted by Gasteiger charge is -2.20. The molecule has 0 aliphatic carbocycles. The SMILES string of the molecule is Cc1ccc(S(=O)(=O)NC(CC(C)C)C(=O)NCC(=O)N(C)C)cc1. The maximum absolute atomic E-state index is 12.5. The van der Waals surface area contributed by atoms with Gasteiger partial charge in [0.15, 0.2) is 0 Å². The van der Waals surface area contributed by atoms with E-state index < -0.39 is 22.0 Å². The minimum Gasteiger partial charge on any atom is -0.347 e. The van der Waals surface area contributed by atoms with E-state index >= 15 is 0 Å². The Morgan fingerprint density at radius 3 is 2.16 bits per heavy atom. The minimum atomic E-state index is -3.83. The molecule has 0 radical (unpaired) electrons. The van der Waals surface area contributed by atoms with Gasteiger partial charge in [-0.15, -0.1) is 0 Å². The first-order chi connectivity index (χ1) is 11.5. The van der Waals surface area contributed by atoms with Gasteiger partial charge in [0.25, 0.3) is 0 Å². The standard InChI is InChI=1S/C17H27N3O4S/c1-12(2)10-15(17(22)18-11-16(21)20(4)5)19-25(23,24)14-8-6-13(3)7-9-14/h6-9,12,15,19H,10-11H2,1-5H3,(H,18,22). The average Bonchev–Trinajstić information content (AvgIpc) is 2.51. The van der Waals surface area contributed by atoms with E-state index in [0.29, 0.717) is 6.42 Å². The molecule has 0 aliphatic rings. The topological polar surface area (TPSA) is 95.6 Å². The van der Waals surface area contributed by atoms with E-state index in [4.69, 9.17) is 0 Å². The van der Waals surface area contributed by atoms with Crippen molar-refractivity contribution in [3.05, 3.63) is 29.8 Å². The summed E-state index contributed by atoms with van der Waals surface area (Å²) in [6.45, 7) is 5.48. The Kier molecular flexibility index (Phi) is 7.57. The summed E-state index contributed by atoms with van der Waals surface area (Å²) in [5.41, 5.74) is 0.942. The Bertz CT molecular complexity index is 697. The molecule has 0 saturated heterocycles. The van der Waals surface area contributed by atoms with Crippen LogP contribution in [0.4, 0.5) is 0 Å². The van der Waals surface area contributed by atoms with Crippen molar-refractivity contribution in [3.8, 4) is 0 Å². The lowest BCUT2D eigenvalue weighted by molar-refractivity contribution is -0.131. The Morgan fingerprint density at radius 2 is 1.68 bits per heavy atom. The fourth-order valence-electron chi connectivity index (χ4n) is 2.10. The molecule has 1 unspecified atom stereocenters. The van der Waals surface area contributed by atoms with Crippen molar-refractivity contribution in [3.63, 3.8) is 0 Å².